The molecule has 178 valence electrons. The zero-order valence-electron chi connectivity index (χ0n) is 19.8. The highest BCUT2D eigenvalue weighted by atomic mass is 16.5. The monoisotopic (exact) mass is 454 g/mol. The molecule has 4 rings (SSSR count). The van der Waals surface area contributed by atoms with E-state index in [1.54, 1.807) is 6.20 Å². The minimum atomic E-state index is -0.0809. The van der Waals surface area contributed by atoms with Gasteiger partial charge in [0.2, 0.25) is 17.7 Å². The van der Waals surface area contributed by atoms with Crippen LogP contribution >= 0.6 is 0 Å². The number of carbonyl (C=O) groups is 2. The molecular weight excluding hydrogens is 420 g/mol. The molecule has 33 heavy (non-hydrogen) atoms. The summed E-state index contributed by atoms with van der Waals surface area (Å²) in [4.78, 5) is 37.9. The van der Waals surface area contributed by atoms with Gasteiger partial charge in [0.05, 0.1) is 12.6 Å². The first-order valence-corrected chi connectivity index (χ1v) is 11.8. The van der Waals surface area contributed by atoms with Crippen LogP contribution in [0.5, 0.6) is 0 Å². The Bertz CT molecular complexity index is 952. The van der Waals surface area contributed by atoms with E-state index in [1.807, 2.05) is 44.0 Å². The van der Waals surface area contributed by atoms with E-state index in [-0.39, 0.29) is 35.7 Å². The number of rotatable bonds is 7. The van der Waals surface area contributed by atoms with Gasteiger partial charge in [-0.3, -0.25) is 19.5 Å². The second kappa shape index (κ2) is 9.99. The van der Waals surface area contributed by atoms with Crippen molar-refractivity contribution in [3.8, 4) is 0 Å². The van der Waals surface area contributed by atoms with Gasteiger partial charge >= 0.3 is 0 Å². The molecule has 2 aromatic heterocycles. The second-order valence-corrected chi connectivity index (χ2v) is 9.75. The van der Waals surface area contributed by atoms with E-state index < -0.39 is 0 Å². The summed E-state index contributed by atoms with van der Waals surface area (Å²) >= 11 is 0. The highest BCUT2D eigenvalue weighted by Gasteiger charge is 2.48. The molecule has 2 aromatic rings. The number of aromatic nitrogens is 3. The van der Waals surface area contributed by atoms with Gasteiger partial charge < -0.3 is 14.7 Å². The molecule has 0 radical (unpaired) electrons. The summed E-state index contributed by atoms with van der Waals surface area (Å²) in [6.07, 6.45) is 7.02. The van der Waals surface area contributed by atoms with Crippen molar-refractivity contribution < 1.29 is 14.1 Å². The Balaban J connectivity index is 1.38. The molecule has 1 N–H and O–H groups in total. The van der Waals surface area contributed by atoms with Crippen LogP contribution in [-0.2, 0) is 16.0 Å². The fourth-order valence-corrected chi connectivity index (χ4v) is 5.06. The molecule has 2 aliphatic heterocycles. The molecule has 2 aliphatic rings. The predicted molar refractivity (Wildman–Crippen MR) is 122 cm³/mol. The number of carbonyl (C=O) groups excluding carboxylic acids is 2. The van der Waals surface area contributed by atoms with E-state index in [4.69, 9.17) is 4.52 Å². The van der Waals surface area contributed by atoms with Gasteiger partial charge in [-0.05, 0) is 49.7 Å². The minimum absolute atomic E-state index is 0.00963. The fraction of sp³-hybridized carbons (Fsp3) is 0.625. The van der Waals surface area contributed by atoms with Crippen LogP contribution in [0, 0.1) is 18.3 Å². The van der Waals surface area contributed by atoms with Crippen molar-refractivity contribution in [3.63, 3.8) is 0 Å². The number of hydrogen-bond donors (Lipinski definition) is 1. The van der Waals surface area contributed by atoms with Gasteiger partial charge in [0.1, 0.15) is 0 Å². The first kappa shape index (κ1) is 23.4. The van der Waals surface area contributed by atoms with Crippen molar-refractivity contribution in [1.29, 1.82) is 0 Å². The summed E-state index contributed by atoms with van der Waals surface area (Å²) in [5, 5.41) is 7.01. The third kappa shape index (κ3) is 5.58. The van der Waals surface area contributed by atoms with Gasteiger partial charge in [-0.25, -0.2) is 0 Å². The maximum Gasteiger partial charge on any atom is 0.244 e. The fourth-order valence-electron chi connectivity index (χ4n) is 5.06. The van der Waals surface area contributed by atoms with Crippen LogP contribution in [-0.4, -0.2) is 69.5 Å². The number of nitrogens with zero attached hydrogens (tertiary/aromatic N) is 5. The summed E-state index contributed by atoms with van der Waals surface area (Å²) in [7, 11) is 0. The maximum absolute atomic E-state index is 12.8. The molecule has 9 heteroatoms. The van der Waals surface area contributed by atoms with Crippen LogP contribution in [0.3, 0.4) is 0 Å². The Labute approximate surface area is 194 Å². The van der Waals surface area contributed by atoms with Gasteiger partial charge in [0, 0.05) is 44.5 Å². The molecule has 0 aliphatic carbocycles. The molecule has 1 spiro atoms. The first-order chi connectivity index (χ1) is 15.8. The lowest BCUT2D eigenvalue weighted by molar-refractivity contribution is -0.136. The van der Waals surface area contributed by atoms with Crippen LogP contribution in [0.2, 0.25) is 0 Å². The van der Waals surface area contributed by atoms with E-state index in [2.05, 4.69) is 25.3 Å². The highest BCUT2D eigenvalue weighted by Crippen LogP contribution is 2.48. The Hall–Kier alpha value is -2.81. The normalized spacial score (nSPS) is 20.5. The van der Waals surface area contributed by atoms with E-state index in [0.717, 1.165) is 50.9 Å². The van der Waals surface area contributed by atoms with Crippen molar-refractivity contribution >= 4 is 11.8 Å². The Morgan fingerprint density at radius 1 is 1.30 bits per heavy atom. The van der Waals surface area contributed by atoms with Crippen LogP contribution in [0.25, 0.3) is 0 Å². The third-order valence-corrected chi connectivity index (χ3v) is 6.87. The molecule has 0 bridgehead atoms. The standard InChI is InChI=1S/C24H34N6O3/c1-17(2)23(32)29-11-7-24(8-12-29)13-20(22-27-18(3)28-33-22)30(16-24)15-21(31)26-10-6-19-5-4-9-25-14-19/h4-5,9,14,17,20H,6-8,10-13,15-16H2,1-3H3,(H,26,31). The van der Waals surface area contributed by atoms with E-state index in [0.29, 0.717) is 18.3 Å². The van der Waals surface area contributed by atoms with Gasteiger partial charge in [-0.2, -0.15) is 4.98 Å². The van der Waals surface area contributed by atoms with Crippen molar-refractivity contribution in [2.24, 2.45) is 11.3 Å². The zero-order valence-corrected chi connectivity index (χ0v) is 19.8. The average Bonchev–Trinajstić information content (AvgIpc) is 3.38. The number of hydrogen-bond acceptors (Lipinski definition) is 7. The molecular formula is C24H34N6O3. The van der Waals surface area contributed by atoms with E-state index in [1.165, 1.54) is 0 Å². The van der Waals surface area contributed by atoms with Gasteiger partial charge in [0.15, 0.2) is 5.82 Å². The zero-order chi connectivity index (χ0) is 23.4. The number of pyridine rings is 1. The van der Waals surface area contributed by atoms with Crippen molar-refractivity contribution in [3.05, 3.63) is 41.8 Å². The molecule has 0 saturated carbocycles. The number of likely N-dealkylation sites (tertiary alicyclic amines) is 2. The summed E-state index contributed by atoms with van der Waals surface area (Å²) in [6, 6.07) is 3.83. The Morgan fingerprint density at radius 2 is 2.09 bits per heavy atom. The SMILES string of the molecule is Cc1noc(C2CC3(CCN(C(=O)C(C)C)CC3)CN2CC(=O)NCCc2cccnc2)n1. The van der Waals surface area contributed by atoms with Gasteiger partial charge in [-0.15, -0.1) is 0 Å². The lowest BCUT2D eigenvalue weighted by Crippen LogP contribution is -2.46. The number of piperidine rings is 1. The van der Waals surface area contributed by atoms with Crippen molar-refractivity contribution in [2.45, 2.75) is 52.5 Å². The molecule has 1 unspecified atom stereocenters. The lowest BCUT2D eigenvalue weighted by atomic mass is 9.76. The summed E-state index contributed by atoms with van der Waals surface area (Å²) in [5.41, 5.74) is 1.15. The molecule has 2 amide bonds. The summed E-state index contributed by atoms with van der Waals surface area (Å²) in [6.45, 7) is 8.88. The van der Waals surface area contributed by atoms with Crippen LogP contribution in [0.4, 0.5) is 0 Å². The number of nitrogens with one attached hydrogen (secondary N) is 1. The molecule has 0 aromatic carbocycles. The highest BCUT2D eigenvalue weighted by molar-refractivity contribution is 5.78. The minimum Gasteiger partial charge on any atom is -0.355 e. The smallest absolute Gasteiger partial charge is 0.244 e. The van der Waals surface area contributed by atoms with Gasteiger partial charge in [-0.1, -0.05) is 25.1 Å². The Kier molecular flexibility index (Phi) is 7.07. The topological polar surface area (TPSA) is 104 Å². The molecule has 2 saturated heterocycles. The van der Waals surface area contributed by atoms with Crippen molar-refractivity contribution in [2.75, 3.05) is 32.7 Å². The largest absolute Gasteiger partial charge is 0.355 e. The summed E-state index contributed by atoms with van der Waals surface area (Å²) < 4.78 is 5.52. The summed E-state index contributed by atoms with van der Waals surface area (Å²) in [5.74, 6) is 1.40. The van der Waals surface area contributed by atoms with Gasteiger partial charge in [0.25, 0.3) is 0 Å². The quantitative estimate of drug-likeness (QED) is 0.683. The lowest BCUT2D eigenvalue weighted by Gasteiger charge is -2.40. The Morgan fingerprint density at radius 3 is 2.73 bits per heavy atom. The van der Waals surface area contributed by atoms with Crippen molar-refractivity contribution in [1.82, 2.24) is 30.2 Å². The van der Waals surface area contributed by atoms with Crippen LogP contribution in [0.15, 0.2) is 29.0 Å². The predicted octanol–water partition coefficient (Wildman–Crippen LogP) is 2.14. The molecule has 4 heterocycles. The second-order valence-electron chi connectivity index (χ2n) is 9.75. The molecule has 9 nitrogen and oxygen atoms in total. The van der Waals surface area contributed by atoms with E-state index >= 15 is 0 Å². The maximum atomic E-state index is 12.8. The van der Waals surface area contributed by atoms with Crippen LogP contribution < -0.4 is 5.32 Å². The number of amides is 2. The molecule has 1 atom stereocenters. The van der Waals surface area contributed by atoms with Crippen LogP contribution in [0.1, 0.15) is 56.4 Å². The number of aryl methyl sites for hydroxylation is 1. The first-order valence-electron chi connectivity index (χ1n) is 11.8. The van der Waals surface area contributed by atoms with E-state index in [9.17, 15) is 9.59 Å². The average molecular weight is 455 g/mol. The third-order valence-electron chi connectivity index (χ3n) is 6.87. The molecule has 2 fully saturated rings.